The third kappa shape index (κ3) is 5.20. The smallest absolute Gasteiger partial charge is 0.366 e. The van der Waals surface area contributed by atoms with Crippen LogP contribution < -0.4 is 15.0 Å². The molecule has 1 N–H and O–H groups in total. The van der Waals surface area contributed by atoms with Crippen LogP contribution in [0.3, 0.4) is 0 Å². The van der Waals surface area contributed by atoms with Crippen LogP contribution in [0.25, 0.3) is 0 Å². The zero-order valence-corrected chi connectivity index (χ0v) is 16.4. The standard InChI is InChI=1S/C22H19N3O5/c1-28-18-13-7-15(8-14-18)21(26)24-23-16-9-11-17(12-10-16)25-30-22(27)19-5-3-4-6-20(19)29-2/h3-14,25H,1-2H3. The first kappa shape index (κ1) is 20.5. The molecule has 3 aromatic carbocycles. The van der Waals surface area contributed by atoms with Gasteiger partial charge in [-0.15, -0.1) is 10.2 Å². The van der Waals surface area contributed by atoms with Crippen molar-refractivity contribution >= 4 is 23.3 Å². The molecule has 152 valence electrons. The van der Waals surface area contributed by atoms with Gasteiger partial charge in [-0.3, -0.25) is 4.79 Å². The summed E-state index contributed by atoms with van der Waals surface area (Å²) in [4.78, 5) is 29.3. The number of para-hydroxylation sites is 1. The number of amides is 1. The highest BCUT2D eigenvalue weighted by molar-refractivity contribution is 5.94. The normalized spacial score (nSPS) is 10.5. The van der Waals surface area contributed by atoms with E-state index in [1.807, 2.05) is 0 Å². The molecule has 30 heavy (non-hydrogen) atoms. The van der Waals surface area contributed by atoms with E-state index in [9.17, 15) is 9.59 Å². The van der Waals surface area contributed by atoms with Crippen molar-refractivity contribution in [2.24, 2.45) is 10.2 Å². The number of benzene rings is 3. The lowest BCUT2D eigenvalue weighted by Crippen LogP contribution is -2.11. The van der Waals surface area contributed by atoms with Crippen molar-refractivity contribution in [1.82, 2.24) is 0 Å². The molecular formula is C22H19N3O5. The second kappa shape index (κ2) is 9.83. The second-order valence-corrected chi connectivity index (χ2v) is 5.97. The Kier molecular flexibility index (Phi) is 6.73. The molecule has 0 aromatic heterocycles. The molecule has 0 atom stereocenters. The monoisotopic (exact) mass is 405 g/mol. The van der Waals surface area contributed by atoms with Crippen molar-refractivity contribution in [3.63, 3.8) is 0 Å². The van der Waals surface area contributed by atoms with E-state index in [2.05, 4.69) is 15.7 Å². The highest BCUT2D eigenvalue weighted by atomic mass is 16.7. The average molecular weight is 405 g/mol. The number of carbonyl (C=O) groups excluding carboxylic acids is 2. The summed E-state index contributed by atoms with van der Waals surface area (Å²) in [5.74, 6) is 0.0199. The summed E-state index contributed by atoms with van der Waals surface area (Å²) in [5, 5.41) is 7.63. The molecule has 3 aromatic rings. The van der Waals surface area contributed by atoms with Crippen LogP contribution in [-0.2, 0) is 4.84 Å². The molecule has 8 nitrogen and oxygen atoms in total. The minimum atomic E-state index is -0.582. The van der Waals surface area contributed by atoms with E-state index in [0.29, 0.717) is 34.0 Å². The molecule has 0 heterocycles. The maximum absolute atomic E-state index is 12.2. The predicted octanol–water partition coefficient (Wildman–Crippen LogP) is 4.81. The van der Waals surface area contributed by atoms with Gasteiger partial charge in [0.2, 0.25) is 0 Å². The Labute approximate surface area is 173 Å². The third-order valence-electron chi connectivity index (χ3n) is 4.05. The summed E-state index contributed by atoms with van der Waals surface area (Å²) in [7, 11) is 3.03. The van der Waals surface area contributed by atoms with Crippen LogP contribution in [0.1, 0.15) is 20.7 Å². The van der Waals surface area contributed by atoms with Gasteiger partial charge < -0.3 is 14.3 Å². The van der Waals surface area contributed by atoms with E-state index in [0.717, 1.165) is 0 Å². The molecule has 3 rings (SSSR count). The Morgan fingerprint density at radius 2 is 1.53 bits per heavy atom. The summed E-state index contributed by atoms with van der Waals surface area (Å²) in [6, 6.07) is 19.9. The number of nitrogens with zero attached hydrogens (tertiary/aromatic N) is 2. The molecule has 8 heteroatoms. The minimum Gasteiger partial charge on any atom is -0.497 e. The number of hydrogen-bond donors (Lipinski definition) is 1. The largest absolute Gasteiger partial charge is 0.497 e. The molecule has 0 aliphatic heterocycles. The van der Waals surface area contributed by atoms with E-state index in [4.69, 9.17) is 14.3 Å². The molecule has 0 aliphatic carbocycles. The fraction of sp³-hybridized carbons (Fsp3) is 0.0909. The third-order valence-corrected chi connectivity index (χ3v) is 4.05. The van der Waals surface area contributed by atoms with Crippen LogP contribution in [0.4, 0.5) is 11.4 Å². The van der Waals surface area contributed by atoms with Crippen LogP contribution >= 0.6 is 0 Å². The molecule has 0 fully saturated rings. The molecule has 0 aliphatic rings. The van der Waals surface area contributed by atoms with Gasteiger partial charge >= 0.3 is 5.97 Å². The number of rotatable bonds is 7. The Bertz CT molecular complexity index is 1050. The summed E-state index contributed by atoms with van der Waals surface area (Å²) in [6.45, 7) is 0. The van der Waals surface area contributed by atoms with Crippen molar-refractivity contribution in [2.75, 3.05) is 19.7 Å². The van der Waals surface area contributed by atoms with Crippen molar-refractivity contribution in [3.05, 3.63) is 83.9 Å². The van der Waals surface area contributed by atoms with Gasteiger partial charge in [0, 0.05) is 5.56 Å². The lowest BCUT2D eigenvalue weighted by molar-refractivity contribution is 0.0592. The first-order chi connectivity index (χ1) is 14.6. The van der Waals surface area contributed by atoms with Crippen LogP contribution in [-0.4, -0.2) is 26.1 Å². The maximum Gasteiger partial charge on any atom is 0.366 e. The zero-order chi connectivity index (χ0) is 21.3. The number of ether oxygens (including phenoxy) is 2. The number of methoxy groups -OCH3 is 2. The van der Waals surface area contributed by atoms with E-state index in [1.54, 1.807) is 79.9 Å². The fourth-order valence-corrected chi connectivity index (χ4v) is 2.46. The van der Waals surface area contributed by atoms with Gasteiger partial charge in [-0.25, -0.2) is 10.3 Å². The number of anilines is 1. The molecule has 0 spiro atoms. The Hall–Kier alpha value is -4.20. The summed E-state index contributed by atoms with van der Waals surface area (Å²) < 4.78 is 10.2. The molecule has 0 radical (unpaired) electrons. The molecule has 0 saturated heterocycles. The van der Waals surface area contributed by atoms with Crippen molar-refractivity contribution in [1.29, 1.82) is 0 Å². The van der Waals surface area contributed by atoms with Gasteiger partial charge in [0.05, 0.1) is 25.6 Å². The van der Waals surface area contributed by atoms with Crippen LogP contribution in [0, 0.1) is 0 Å². The van der Waals surface area contributed by atoms with Crippen LogP contribution in [0.2, 0.25) is 0 Å². The number of hydrogen-bond acceptors (Lipinski definition) is 7. The van der Waals surface area contributed by atoms with Gasteiger partial charge in [-0.1, -0.05) is 12.1 Å². The Balaban J connectivity index is 1.57. The predicted molar refractivity (Wildman–Crippen MR) is 110 cm³/mol. The van der Waals surface area contributed by atoms with Gasteiger partial charge in [-0.05, 0) is 60.7 Å². The second-order valence-electron chi connectivity index (χ2n) is 5.97. The first-order valence-corrected chi connectivity index (χ1v) is 8.91. The van der Waals surface area contributed by atoms with Crippen LogP contribution in [0.5, 0.6) is 11.5 Å². The van der Waals surface area contributed by atoms with E-state index in [1.165, 1.54) is 7.11 Å². The van der Waals surface area contributed by atoms with E-state index in [-0.39, 0.29) is 0 Å². The van der Waals surface area contributed by atoms with Gasteiger partial charge in [0.25, 0.3) is 5.91 Å². The summed E-state index contributed by atoms with van der Waals surface area (Å²) >= 11 is 0. The highest BCUT2D eigenvalue weighted by Gasteiger charge is 2.13. The molecule has 0 saturated carbocycles. The van der Waals surface area contributed by atoms with Gasteiger partial charge in [0.15, 0.2) is 0 Å². The molecule has 0 bridgehead atoms. The van der Waals surface area contributed by atoms with Gasteiger partial charge in [0.1, 0.15) is 17.1 Å². The average Bonchev–Trinajstić information content (AvgIpc) is 2.81. The molecule has 0 unspecified atom stereocenters. The Morgan fingerprint density at radius 1 is 0.833 bits per heavy atom. The topological polar surface area (TPSA) is 98.6 Å². The van der Waals surface area contributed by atoms with Gasteiger partial charge in [-0.2, -0.15) is 0 Å². The van der Waals surface area contributed by atoms with Crippen molar-refractivity contribution in [3.8, 4) is 11.5 Å². The van der Waals surface area contributed by atoms with Crippen LogP contribution in [0.15, 0.2) is 83.0 Å². The number of azo groups is 1. The minimum absolute atomic E-state index is 0.301. The molecular weight excluding hydrogens is 386 g/mol. The fourth-order valence-electron chi connectivity index (χ4n) is 2.46. The zero-order valence-electron chi connectivity index (χ0n) is 16.4. The SMILES string of the molecule is COc1ccc(C(=O)N=Nc2ccc(NOC(=O)c3ccccc3OC)cc2)cc1. The van der Waals surface area contributed by atoms with E-state index >= 15 is 0 Å². The Morgan fingerprint density at radius 3 is 2.20 bits per heavy atom. The lowest BCUT2D eigenvalue weighted by atomic mass is 10.2. The quantitative estimate of drug-likeness (QED) is 0.447. The maximum atomic E-state index is 12.2. The first-order valence-electron chi connectivity index (χ1n) is 8.91. The number of carbonyl (C=O) groups is 2. The summed E-state index contributed by atoms with van der Waals surface area (Å²) in [5.41, 5.74) is 4.27. The molecule has 1 amide bonds. The van der Waals surface area contributed by atoms with Crippen molar-refractivity contribution in [2.45, 2.75) is 0 Å². The lowest BCUT2D eigenvalue weighted by Gasteiger charge is -2.09. The highest BCUT2D eigenvalue weighted by Crippen LogP contribution is 2.20. The van der Waals surface area contributed by atoms with Crippen molar-refractivity contribution < 1.29 is 23.9 Å². The van der Waals surface area contributed by atoms with E-state index < -0.39 is 11.9 Å². The summed E-state index contributed by atoms with van der Waals surface area (Å²) in [6.07, 6.45) is 0. The number of nitrogens with one attached hydrogen (secondary N) is 1.